The zero-order valence-corrected chi connectivity index (χ0v) is 15.7. The van der Waals surface area contributed by atoms with Crippen molar-refractivity contribution < 1.29 is 9.53 Å². The molecule has 0 N–H and O–H groups in total. The first-order valence-electron chi connectivity index (χ1n) is 9.24. The van der Waals surface area contributed by atoms with E-state index in [1.165, 1.54) is 5.56 Å². The predicted octanol–water partition coefficient (Wildman–Crippen LogP) is 4.88. The fourth-order valence-electron chi connectivity index (χ4n) is 3.80. The molecule has 3 heteroatoms. The van der Waals surface area contributed by atoms with Gasteiger partial charge in [-0.05, 0) is 48.2 Å². The highest BCUT2D eigenvalue weighted by Crippen LogP contribution is 2.40. The molecule has 136 valence electrons. The van der Waals surface area contributed by atoms with Gasteiger partial charge in [0.2, 0.25) is 5.91 Å². The zero-order valence-electron chi connectivity index (χ0n) is 15.7. The molecule has 1 amide bonds. The van der Waals surface area contributed by atoms with Crippen molar-refractivity contribution in [3.63, 3.8) is 0 Å². The summed E-state index contributed by atoms with van der Waals surface area (Å²) < 4.78 is 5.34. The van der Waals surface area contributed by atoms with E-state index in [0.29, 0.717) is 13.0 Å². The summed E-state index contributed by atoms with van der Waals surface area (Å²) in [6, 6.07) is 24.5. The Hall–Kier alpha value is -3.07. The van der Waals surface area contributed by atoms with Gasteiger partial charge in [0.15, 0.2) is 0 Å². The van der Waals surface area contributed by atoms with Crippen LogP contribution in [0.3, 0.4) is 0 Å². The van der Waals surface area contributed by atoms with Crippen LogP contribution in [0.2, 0.25) is 0 Å². The highest BCUT2D eigenvalue weighted by atomic mass is 16.5. The Bertz CT molecular complexity index is 965. The maximum atomic E-state index is 13.3. The van der Waals surface area contributed by atoms with E-state index in [1.807, 2.05) is 41.3 Å². The van der Waals surface area contributed by atoms with Crippen LogP contribution < -0.4 is 9.64 Å². The number of nitrogens with zero attached hydrogens (tertiary/aromatic N) is 1. The smallest absolute Gasteiger partial charge is 0.235 e. The minimum Gasteiger partial charge on any atom is -0.497 e. The van der Waals surface area contributed by atoms with Gasteiger partial charge in [-0.1, -0.05) is 60.2 Å². The average Bonchev–Trinajstić information content (AvgIpc) is 2.94. The lowest BCUT2D eigenvalue weighted by Crippen LogP contribution is -2.28. The molecule has 0 saturated carbocycles. The number of aryl methyl sites for hydroxylation is 1. The van der Waals surface area contributed by atoms with Crippen LogP contribution in [0.25, 0.3) is 0 Å². The van der Waals surface area contributed by atoms with Crippen molar-refractivity contribution in [1.29, 1.82) is 0 Å². The fourth-order valence-corrected chi connectivity index (χ4v) is 3.80. The molecule has 1 heterocycles. The molecule has 0 aromatic heterocycles. The number of benzene rings is 3. The van der Waals surface area contributed by atoms with Crippen molar-refractivity contribution in [3.05, 3.63) is 95.1 Å². The van der Waals surface area contributed by atoms with E-state index in [0.717, 1.165) is 28.1 Å². The molecule has 27 heavy (non-hydrogen) atoms. The Balaban J connectivity index is 1.68. The van der Waals surface area contributed by atoms with Crippen molar-refractivity contribution in [2.24, 2.45) is 0 Å². The van der Waals surface area contributed by atoms with E-state index in [1.54, 1.807) is 7.11 Å². The van der Waals surface area contributed by atoms with Crippen LogP contribution >= 0.6 is 0 Å². The van der Waals surface area contributed by atoms with Crippen LogP contribution in [0, 0.1) is 6.92 Å². The largest absolute Gasteiger partial charge is 0.497 e. The molecule has 3 nitrogen and oxygen atoms in total. The second-order valence-corrected chi connectivity index (χ2v) is 7.08. The molecule has 0 spiro atoms. The van der Waals surface area contributed by atoms with Crippen LogP contribution in [0.4, 0.5) is 5.69 Å². The first-order chi connectivity index (χ1) is 13.2. The van der Waals surface area contributed by atoms with Gasteiger partial charge in [0.05, 0.1) is 19.6 Å². The standard InChI is InChI=1S/C24H23NO2/c1-17-11-12-23-21(13-17)22(15-19-9-6-10-20(14-19)27-2)24(26)25(23)16-18-7-4-3-5-8-18/h3-14,22H,15-16H2,1-2H3. The molecule has 0 bridgehead atoms. The first kappa shape index (κ1) is 17.3. The molecule has 3 aromatic carbocycles. The molecule has 1 aliphatic rings. The monoisotopic (exact) mass is 357 g/mol. The second-order valence-electron chi connectivity index (χ2n) is 7.08. The van der Waals surface area contributed by atoms with E-state index in [9.17, 15) is 4.79 Å². The Morgan fingerprint density at radius 1 is 0.926 bits per heavy atom. The van der Waals surface area contributed by atoms with Crippen LogP contribution in [-0.2, 0) is 17.8 Å². The van der Waals surface area contributed by atoms with Crippen molar-refractivity contribution in [2.75, 3.05) is 12.0 Å². The lowest BCUT2D eigenvalue weighted by molar-refractivity contribution is -0.119. The van der Waals surface area contributed by atoms with Gasteiger partial charge in [-0.3, -0.25) is 4.79 Å². The first-order valence-corrected chi connectivity index (χ1v) is 9.24. The van der Waals surface area contributed by atoms with Gasteiger partial charge in [0.1, 0.15) is 5.75 Å². The minimum absolute atomic E-state index is 0.157. The van der Waals surface area contributed by atoms with E-state index in [4.69, 9.17) is 4.74 Å². The summed E-state index contributed by atoms with van der Waals surface area (Å²) in [7, 11) is 1.67. The Morgan fingerprint density at radius 2 is 1.70 bits per heavy atom. The third-order valence-corrected chi connectivity index (χ3v) is 5.17. The third-order valence-electron chi connectivity index (χ3n) is 5.17. The van der Waals surface area contributed by atoms with Crippen LogP contribution in [0.1, 0.15) is 28.2 Å². The Morgan fingerprint density at radius 3 is 2.48 bits per heavy atom. The van der Waals surface area contributed by atoms with E-state index in [2.05, 4.69) is 43.3 Å². The molecule has 0 fully saturated rings. The fraction of sp³-hybridized carbons (Fsp3) is 0.208. The molecule has 1 aliphatic heterocycles. The van der Waals surface area contributed by atoms with Crippen LogP contribution in [0.15, 0.2) is 72.8 Å². The molecular weight excluding hydrogens is 334 g/mol. The van der Waals surface area contributed by atoms with Gasteiger partial charge in [-0.25, -0.2) is 0 Å². The maximum Gasteiger partial charge on any atom is 0.235 e. The minimum atomic E-state index is -0.157. The van der Waals surface area contributed by atoms with Crippen molar-refractivity contribution >= 4 is 11.6 Å². The summed E-state index contributed by atoms with van der Waals surface area (Å²) in [5.74, 6) is 0.835. The molecular formula is C24H23NO2. The number of hydrogen-bond acceptors (Lipinski definition) is 2. The number of amides is 1. The predicted molar refractivity (Wildman–Crippen MR) is 108 cm³/mol. The number of methoxy groups -OCH3 is 1. The topological polar surface area (TPSA) is 29.5 Å². The molecule has 0 saturated heterocycles. The number of fused-ring (bicyclic) bond motifs is 1. The van der Waals surface area contributed by atoms with Crippen molar-refractivity contribution in [3.8, 4) is 5.75 Å². The number of rotatable bonds is 5. The van der Waals surface area contributed by atoms with E-state index < -0.39 is 0 Å². The van der Waals surface area contributed by atoms with E-state index >= 15 is 0 Å². The quantitative estimate of drug-likeness (QED) is 0.651. The van der Waals surface area contributed by atoms with E-state index in [-0.39, 0.29) is 11.8 Å². The summed E-state index contributed by atoms with van der Waals surface area (Å²) in [5.41, 5.74) is 5.58. The average molecular weight is 357 g/mol. The third kappa shape index (κ3) is 3.45. The molecule has 0 aliphatic carbocycles. The highest BCUT2D eigenvalue weighted by molar-refractivity contribution is 6.05. The summed E-state index contributed by atoms with van der Waals surface area (Å²) in [6.07, 6.45) is 0.678. The van der Waals surface area contributed by atoms with Gasteiger partial charge < -0.3 is 9.64 Å². The molecule has 1 unspecified atom stereocenters. The number of ether oxygens (including phenoxy) is 1. The summed E-state index contributed by atoms with van der Waals surface area (Å²) in [5, 5.41) is 0. The Kier molecular flexibility index (Phi) is 4.68. The molecule has 1 atom stereocenters. The summed E-state index contributed by atoms with van der Waals surface area (Å²) in [6.45, 7) is 2.68. The molecule has 4 rings (SSSR count). The van der Waals surface area contributed by atoms with Gasteiger partial charge in [-0.15, -0.1) is 0 Å². The van der Waals surface area contributed by atoms with Crippen LogP contribution in [-0.4, -0.2) is 13.0 Å². The maximum absolute atomic E-state index is 13.3. The van der Waals surface area contributed by atoms with Gasteiger partial charge in [0.25, 0.3) is 0 Å². The molecule has 0 radical (unpaired) electrons. The van der Waals surface area contributed by atoms with Gasteiger partial charge >= 0.3 is 0 Å². The van der Waals surface area contributed by atoms with Crippen molar-refractivity contribution in [1.82, 2.24) is 0 Å². The lowest BCUT2D eigenvalue weighted by Gasteiger charge is -2.18. The number of hydrogen-bond donors (Lipinski definition) is 0. The second kappa shape index (κ2) is 7.28. The normalized spacial score (nSPS) is 15.7. The van der Waals surface area contributed by atoms with Crippen molar-refractivity contribution in [2.45, 2.75) is 25.8 Å². The summed E-state index contributed by atoms with van der Waals surface area (Å²) >= 11 is 0. The SMILES string of the molecule is COc1cccc(CC2C(=O)N(Cc3ccccc3)c3ccc(C)cc32)c1. The van der Waals surface area contributed by atoms with Gasteiger partial charge in [-0.2, -0.15) is 0 Å². The van der Waals surface area contributed by atoms with Crippen LogP contribution in [0.5, 0.6) is 5.75 Å². The lowest BCUT2D eigenvalue weighted by atomic mass is 9.92. The number of anilines is 1. The number of carbonyl (C=O) groups excluding carboxylic acids is 1. The number of carbonyl (C=O) groups is 1. The molecule has 3 aromatic rings. The summed E-state index contributed by atoms with van der Waals surface area (Å²) in [4.78, 5) is 15.3. The van der Waals surface area contributed by atoms with Gasteiger partial charge in [0, 0.05) is 5.69 Å². The Labute approximate surface area is 160 Å². The zero-order chi connectivity index (χ0) is 18.8. The highest BCUT2D eigenvalue weighted by Gasteiger charge is 2.37.